The van der Waals surface area contributed by atoms with Crippen molar-refractivity contribution in [1.29, 1.82) is 0 Å². The molecule has 0 saturated carbocycles. The second kappa shape index (κ2) is 13.8. The number of nitrogens with zero attached hydrogens (tertiary/aromatic N) is 2. The summed E-state index contributed by atoms with van der Waals surface area (Å²) in [6.07, 6.45) is 0.870. The van der Waals surface area contributed by atoms with Crippen LogP contribution in [0.3, 0.4) is 0 Å². The Morgan fingerprint density at radius 2 is 1.50 bits per heavy atom. The molecular weight excluding hydrogens is 623 g/mol. The van der Waals surface area contributed by atoms with E-state index in [1.807, 2.05) is 97.3 Å². The molecule has 4 atom stereocenters. The predicted molar refractivity (Wildman–Crippen MR) is 185 cm³/mol. The van der Waals surface area contributed by atoms with Gasteiger partial charge in [-0.15, -0.1) is 0 Å². The van der Waals surface area contributed by atoms with Crippen molar-refractivity contribution in [3.05, 3.63) is 156 Å². The molecule has 1 aliphatic rings. The van der Waals surface area contributed by atoms with E-state index in [9.17, 15) is 13.5 Å². The molecule has 48 heavy (non-hydrogen) atoms. The molecule has 6 aromatic rings. The average molecular weight is 660 g/mol. The summed E-state index contributed by atoms with van der Waals surface area (Å²) < 4.78 is 43.7. The van der Waals surface area contributed by atoms with Gasteiger partial charge in [-0.3, -0.25) is 0 Å². The van der Waals surface area contributed by atoms with Crippen LogP contribution in [0.25, 0.3) is 22.2 Å². The molecule has 9 heteroatoms. The lowest BCUT2D eigenvalue weighted by Crippen LogP contribution is -2.39. The van der Waals surface area contributed by atoms with E-state index >= 15 is 0 Å². The largest absolute Gasteiger partial charge is 0.392 e. The van der Waals surface area contributed by atoms with Crippen molar-refractivity contribution in [2.45, 2.75) is 50.0 Å². The van der Waals surface area contributed by atoms with E-state index in [1.54, 1.807) is 30.3 Å². The highest BCUT2D eigenvalue weighted by Crippen LogP contribution is 2.42. The Bertz CT molecular complexity index is 2100. The van der Waals surface area contributed by atoms with Gasteiger partial charge in [-0.1, -0.05) is 104 Å². The van der Waals surface area contributed by atoms with Crippen LogP contribution < -0.4 is 4.72 Å². The van der Waals surface area contributed by atoms with Gasteiger partial charge in [0.2, 0.25) is 10.0 Å². The third-order valence-electron chi connectivity index (χ3n) is 8.99. The van der Waals surface area contributed by atoms with Gasteiger partial charge >= 0.3 is 0 Å². The SMILES string of the molecule is CC1C(Cn2cnc3ccccc32)OC(c2ccc(-c3cccc(CNS(=O)(=O)c4ccccc4)c3)cc2)OC1c1ccc(CO)cc1. The van der Waals surface area contributed by atoms with Crippen LogP contribution >= 0.6 is 0 Å². The first kappa shape index (κ1) is 31.9. The molecule has 5 aromatic carbocycles. The third-order valence-corrected chi connectivity index (χ3v) is 10.4. The van der Waals surface area contributed by atoms with Crippen molar-refractivity contribution in [1.82, 2.24) is 14.3 Å². The normalized spacial score (nSPS) is 19.8. The third kappa shape index (κ3) is 6.82. The lowest BCUT2D eigenvalue weighted by atomic mass is 9.90. The van der Waals surface area contributed by atoms with Crippen LogP contribution in [0.2, 0.25) is 0 Å². The van der Waals surface area contributed by atoms with Gasteiger partial charge in [0.1, 0.15) is 0 Å². The molecule has 8 nitrogen and oxygen atoms in total. The Kier molecular flexibility index (Phi) is 9.21. The lowest BCUT2D eigenvalue weighted by Gasteiger charge is -2.41. The topological polar surface area (TPSA) is 103 Å². The average Bonchev–Trinajstić information content (AvgIpc) is 3.55. The number of rotatable bonds is 10. The van der Waals surface area contributed by atoms with Gasteiger partial charge in [0, 0.05) is 18.0 Å². The number of aliphatic hydroxyl groups is 1. The van der Waals surface area contributed by atoms with Crippen LogP contribution in [0.15, 0.2) is 139 Å². The van der Waals surface area contributed by atoms with E-state index in [0.717, 1.165) is 44.4 Å². The Morgan fingerprint density at radius 3 is 2.27 bits per heavy atom. The van der Waals surface area contributed by atoms with E-state index in [2.05, 4.69) is 27.3 Å². The Morgan fingerprint density at radius 1 is 0.771 bits per heavy atom. The number of para-hydroxylation sites is 2. The summed E-state index contributed by atoms with van der Waals surface area (Å²) in [6.45, 7) is 2.94. The minimum atomic E-state index is -3.61. The number of nitrogens with one attached hydrogen (secondary N) is 1. The van der Waals surface area contributed by atoms with Gasteiger partial charge in [-0.2, -0.15) is 0 Å². The molecule has 1 aliphatic heterocycles. The molecule has 1 aromatic heterocycles. The summed E-state index contributed by atoms with van der Waals surface area (Å²) in [5.74, 6) is 0.0312. The van der Waals surface area contributed by atoms with Gasteiger partial charge in [0.25, 0.3) is 0 Å². The van der Waals surface area contributed by atoms with Gasteiger partial charge in [-0.25, -0.2) is 18.1 Å². The molecular formula is C39H37N3O5S. The zero-order valence-electron chi connectivity index (χ0n) is 26.5. The van der Waals surface area contributed by atoms with Crippen molar-refractivity contribution in [3.8, 4) is 11.1 Å². The molecule has 1 fully saturated rings. The predicted octanol–water partition coefficient (Wildman–Crippen LogP) is 7.17. The highest BCUT2D eigenvalue weighted by Gasteiger charge is 2.38. The van der Waals surface area contributed by atoms with Crippen LogP contribution in [-0.4, -0.2) is 29.2 Å². The van der Waals surface area contributed by atoms with Crippen molar-refractivity contribution in [3.63, 3.8) is 0 Å². The maximum Gasteiger partial charge on any atom is 0.240 e. The molecule has 0 bridgehead atoms. The fourth-order valence-corrected chi connectivity index (χ4v) is 7.27. The van der Waals surface area contributed by atoms with Crippen LogP contribution in [0, 0.1) is 5.92 Å². The van der Waals surface area contributed by atoms with Gasteiger partial charge in [-0.05, 0) is 58.1 Å². The van der Waals surface area contributed by atoms with E-state index in [1.165, 1.54) is 0 Å². The highest BCUT2D eigenvalue weighted by molar-refractivity contribution is 7.89. The monoisotopic (exact) mass is 659 g/mol. The minimum Gasteiger partial charge on any atom is -0.392 e. The van der Waals surface area contributed by atoms with E-state index in [4.69, 9.17) is 9.47 Å². The van der Waals surface area contributed by atoms with Crippen molar-refractivity contribution in [2.24, 2.45) is 5.92 Å². The smallest absolute Gasteiger partial charge is 0.240 e. The minimum absolute atomic E-state index is 0.0119. The number of aliphatic hydroxyl groups excluding tert-OH is 1. The number of imidazole rings is 1. The standard InChI is InChI=1S/C39H37N3O5S/c1-27-37(24-42-26-40-35-12-5-6-13-36(35)42)46-39(47-38(27)31-16-14-28(25-43)15-17-31)32-20-18-30(19-21-32)33-9-7-8-29(22-33)23-41-48(44,45)34-10-3-2-4-11-34/h2-22,26-27,37-39,41,43H,23-25H2,1H3. The number of fused-ring (bicyclic) bond motifs is 1. The van der Waals surface area contributed by atoms with Gasteiger partial charge < -0.3 is 19.1 Å². The first-order valence-electron chi connectivity index (χ1n) is 16.0. The number of sulfonamides is 1. The van der Waals surface area contributed by atoms with E-state index < -0.39 is 16.3 Å². The molecule has 0 aliphatic carbocycles. The molecule has 4 unspecified atom stereocenters. The molecule has 0 spiro atoms. The summed E-state index contributed by atoms with van der Waals surface area (Å²) in [4.78, 5) is 4.82. The molecule has 244 valence electrons. The second-order valence-electron chi connectivity index (χ2n) is 12.2. The van der Waals surface area contributed by atoms with E-state index in [0.29, 0.717) is 6.54 Å². The van der Waals surface area contributed by atoms with Crippen LogP contribution in [-0.2, 0) is 39.2 Å². The molecule has 2 N–H and O–H groups in total. The summed E-state index contributed by atoms with van der Waals surface area (Å²) in [6, 6.07) is 40.3. The molecule has 0 amide bonds. The zero-order valence-corrected chi connectivity index (χ0v) is 27.3. The summed E-state index contributed by atoms with van der Waals surface area (Å²) in [5, 5.41) is 9.59. The highest BCUT2D eigenvalue weighted by atomic mass is 32.2. The molecule has 2 heterocycles. The maximum absolute atomic E-state index is 12.7. The first-order valence-corrected chi connectivity index (χ1v) is 17.5. The second-order valence-corrected chi connectivity index (χ2v) is 13.9. The molecule has 1 saturated heterocycles. The summed E-state index contributed by atoms with van der Waals surface area (Å²) in [5.41, 5.74) is 7.60. The number of benzene rings is 5. The number of hydrogen-bond donors (Lipinski definition) is 2. The Balaban J connectivity index is 1.11. The van der Waals surface area contributed by atoms with E-state index in [-0.39, 0.29) is 36.2 Å². The fourth-order valence-electron chi connectivity index (χ4n) is 6.23. The first-order chi connectivity index (χ1) is 23.4. The summed E-state index contributed by atoms with van der Waals surface area (Å²) >= 11 is 0. The lowest BCUT2D eigenvalue weighted by molar-refractivity contribution is -0.276. The molecule has 0 radical (unpaired) electrons. The number of ether oxygens (including phenoxy) is 2. The van der Waals surface area contributed by atoms with Crippen LogP contribution in [0.5, 0.6) is 0 Å². The Labute approximate surface area is 280 Å². The number of hydrogen-bond acceptors (Lipinski definition) is 6. The summed E-state index contributed by atoms with van der Waals surface area (Å²) in [7, 11) is -3.61. The van der Waals surface area contributed by atoms with Crippen molar-refractivity contribution in [2.75, 3.05) is 0 Å². The van der Waals surface area contributed by atoms with Crippen LogP contribution in [0.1, 0.15) is 41.6 Å². The zero-order chi connectivity index (χ0) is 33.1. The van der Waals surface area contributed by atoms with Crippen molar-refractivity contribution >= 4 is 21.1 Å². The quantitative estimate of drug-likeness (QED) is 0.162. The van der Waals surface area contributed by atoms with Crippen molar-refractivity contribution < 1.29 is 23.0 Å². The number of aromatic nitrogens is 2. The van der Waals surface area contributed by atoms with Gasteiger partial charge in [0.05, 0.1) is 47.6 Å². The van der Waals surface area contributed by atoms with Crippen LogP contribution in [0.4, 0.5) is 0 Å². The fraction of sp³-hybridized carbons (Fsp3) is 0.205. The van der Waals surface area contributed by atoms with Gasteiger partial charge in [0.15, 0.2) is 6.29 Å². The Hall–Kier alpha value is -4.64. The molecule has 7 rings (SSSR count). The maximum atomic E-state index is 12.7.